The van der Waals surface area contributed by atoms with Crippen LogP contribution in [0.2, 0.25) is 5.15 Å². The molecule has 0 aliphatic heterocycles. The molecule has 1 heterocycles. The number of hydrogen-bond acceptors (Lipinski definition) is 4. The van der Waals surface area contributed by atoms with Gasteiger partial charge in [-0.15, -0.1) is 0 Å². The van der Waals surface area contributed by atoms with E-state index >= 15 is 0 Å². The molecule has 2 aromatic rings. The summed E-state index contributed by atoms with van der Waals surface area (Å²) >= 11 is 5.81. The molecule has 8 heteroatoms. The van der Waals surface area contributed by atoms with E-state index < -0.39 is 17.5 Å². The summed E-state index contributed by atoms with van der Waals surface area (Å²) in [6.07, 6.45) is 1.27. The van der Waals surface area contributed by atoms with Gasteiger partial charge in [0.2, 0.25) is 5.82 Å². The van der Waals surface area contributed by atoms with Gasteiger partial charge in [-0.25, -0.2) is 9.37 Å². The number of ether oxygens (including phenoxy) is 1. The molecular weight excluding hydrogens is 316 g/mol. The molecule has 0 aliphatic rings. The Morgan fingerprint density at radius 3 is 2.68 bits per heavy atom. The molecule has 1 aromatic heterocycles. The molecule has 5 nitrogen and oxygen atoms in total. The van der Waals surface area contributed by atoms with Gasteiger partial charge in [0.25, 0.3) is 5.91 Å². The van der Waals surface area contributed by atoms with Crippen molar-refractivity contribution in [2.75, 3.05) is 19.5 Å². The third-order valence-corrected chi connectivity index (χ3v) is 3.07. The normalized spacial score (nSPS) is 10.2. The molecule has 0 fully saturated rings. The fourth-order valence-corrected chi connectivity index (χ4v) is 1.98. The van der Waals surface area contributed by atoms with Crippen molar-refractivity contribution in [1.82, 2.24) is 10.3 Å². The van der Waals surface area contributed by atoms with Crippen LogP contribution in [0, 0.1) is 11.6 Å². The number of rotatable bonds is 4. The zero-order valence-electron chi connectivity index (χ0n) is 11.7. The van der Waals surface area contributed by atoms with Crippen molar-refractivity contribution in [1.29, 1.82) is 0 Å². The molecule has 22 heavy (non-hydrogen) atoms. The zero-order valence-corrected chi connectivity index (χ0v) is 12.5. The van der Waals surface area contributed by atoms with Crippen molar-refractivity contribution in [2.45, 2.75) is 0 Å². The first kappa shape index (κ1) is 16.0. The highest BCUT2D eigenvalue weighted by molar-refractivity contribution is 6.29. The maximum atomic E-state index is 13.7. The number of nitrogens with one attached hydrogen (secondary N) is 2. The van der Waals surface area contributed by atoms with Crippen molar-refractivity contribution in [2.24, 2.45) is 0 Å². The lowest BCUT2D eigenvalue weighted by molar-refractivity contribution is 0.0963. The molecule has 0 aliphatic carbocycles. The molecule has 0 unspecified atom stereocenters. The van der Waals surface area contributed by atoms with E-state index in [2.05, 4.69) is 15.6 Å². The second-order valence-electron chi connectivity index (χ2n) is 4.20. The van der Waals surface area contributed by atoms with Gasteiger partial charge < -0.3 is 15.4 Å². The van der Waals surface area contributed by atoms with Crippen LogP contribution in [0.5, 0.6) is 5.75 Å². The zero-order chi connectivity index (χ0) is 16.3. The van der Waals surface area contributed by atoms with Gasteiger partial charge in [0, 0.05) is 13.2 Å². The third-order valence-electron chi connectivity index (χ3n) is 2.87. The van der Waals surface area contributed by atoms with Crippen LogP contribution in [0.1, 0.15) is 10.4 Å². The minimum absolute atomic E-state index is 0.136. The summed E-state index contributed by atoms with van der Waals surface area (Å²) in [4.78, 5) is 15.6. The first-order chi connectivity index (χ1) is 10.5. The first-order valence-electron chi connectivity index (χ1n) is 6.14. The first-order valence-corrected chi connectivity index (χ1v) is 6.52. The largest absolute Gasteiger partial charge is 0.491 e. The van der Waals surface area contributed by atoms with Crippen LogP contribution in [0.4, 0.5) is 20.2 Å². The molecule has 1 amide bonds. The van der Waals surface area contributed by atoms with E-state index in [0.29, 0.717) is 0 Å². The number of pyridine rings is 1. The molecule has 2 rings (SSSR count). The van der Waals surface area contributed by atoms with E-state index in [4.69, 9.17) is 16.3 Å². The van der Waals surface area contributed by atoms with Crippen molar-refractivity contribution in [3.63, 3.8) is 0 Å². The fraction of sp³-hybridized carbons (Fsp3) is 0.143. The summed E-state index contributed by atoms with van der Waals surface area (Å²) in [5.74, 6) is -2.89. The Labute approximate surface area is 130 Å². The predicted molar refractivity (Wildman–Crippen MR) is 78.8 cm³/mol. The average molecular weight is 328 g/mol. The lowest BCUT2D eigenvalue weighted by Crippen LogP contribution is -2.19. The SMILES string of the molecule is CNC(=O)c1cnc(Cl)cc1Nc1ccc(F)c(F)c1OC. The Morgan fingerprint density at radius 1 is 1.32 bits per heavy atom. The van der Waals surface area contributed by atoms with E-state index in [-0.39, 0.29) is 27.8 Å². The number of aromatic nitrogens is 1. The molecule has 0 saturated carbocycles. The third kappa shape index (κ3) is 3.09. The fourth-order valence-electron chi connectivity index (χ4n) is 1.82. The van der Waals surface area contributed by atoms with Gasteiger partial charge in [-0.05, 0) is 18.2 Å². The van der Waals surface area contributed by atoms with Crippen molar-refractivity contribution < 1.29 is 18.3 Å². The maximum absolute atomic E-state index is 13.7. The number of hydrogen-bond donors (Lipinski definition) is 2. The van der Waals surface area contributed by atoms with Crippen LogP contribution < -0.4 is 15.4 Å². The maximum Gasteiger partial charge on any atom is 0.254 e. The second kappa shape index (κ2) is 6.57. The molecule has 0 saturated heterocycles. The minimum Gasteiger partial charge on any atom is -0.491 e. The number of carbonyl (C=O) groups excluding carboxylic acids is 1. The van der Waals surface area contributed by atoms with Gasteiger partial charge in [-0.2, -0.15) is 4.39 Å². The minimum atomic E-state index is -1.13. The van der Waals surface area contributed by atoms with Gasteiger partial charge >= 0.3 is 0 Å². The molecule has 0 radical (unpaired) electrons. The van der Waals surface area contributed by atoms with Crippen LogP contribution in [0.25, 0.3) is 0 Å². The lowest BCUT2D eigenvalue weighted by atomic mass is 10.2. The number of methoxy groups -OCH3 is 1. The van der Waals surface area contributed by atoms with Crippen molar-refractivity contribution >= 4 is 28.9 Å². The van der Waals surface area contributed by atoms with Gasteiger partial charge in [-0.3, -0.25) is 4.79 Å². The van der Waals surface area contributed by atoms with Crippen molar-refractivity contribution in [3.8, 4) is 5.75 Å². The summed E-state index contributed by atoms with van der Waals surface area (Å²) in [5, 5.41) is 5.38. The van der Waals surface area contributed by atoms with Crippen LogP contribution in [-0.2, 0) is 0 Å². The van der Waals surface area contributed by atoms with Gasteiger partial charge in [0.05, 0.1) is 24.0 Å². The lowest BCUT2D eigenvalue weighted by Gasteiger charge is -2.14. The monoisotopic (exact) mass is 327 g/mol. The van der Waals surface area contributed by atoms with Crippen LogP contribution >= 0.6 is 11.6 Å². The van der Waals surface area contributed by atoms with E-state index in [9.17, 15) is 13.6 Å². The Balaban J connectivity index is 2.49. The molecule has 2 N–H and O–H groups in total. The number of benzene rings is 1. The Hall–Kier alpha value is -2.41. The van der Waals surface area contributed by atoms with Crippen LogP contribution in [0.3, 0.4) is 0 Å². The Bertz CT molecular complexity index is 725. The standard InChI is InChI=1S/C14H12ClF2N3O2/c1-18-14(21)7-6-19-11(15)5-10(7)20-9-4-3-8(16)12(17)13(9)22-2/h3-6H,1-2H3,(H,18,21)(H,19,20). The Morgan fingerprint density at radius 2 is 2.05 bits per heavy atom. The molecule has 0 spiro atoms. The van der Waals surface area contributed by atoms with E-state index in [1.807, 2.05) is 0 Å². The molecule has 116 valence electrons. The number of nitrogens with zero attached hydrogens (tertiary/aromatic N) is 1. The highest BCUT2D eigenvalue weighted by atomic mass is 35.5. The van der Waals surface area contributed by atoms with Gasteiger partial charge in [0.1, 0.15) is 5.15 Å². The van der Waals surface area contributed by atoms with Gasteiger partial charge in [0.15, 0.2) is 11.6 Å². The van der Waals surface area contributed by atoms with Crippen LogP contribution in [0.15, 0.2) is 24.4 Å². The summed E-state index contributed by atoms with van der Waals surface area (Å²) in [6, 6.07) is 3.63. The summed E-state index contributed by atoms with van der Waals surface area (Å²) in [7, 11) is 2.67. The molecular formula is C14H12ClF2N3O2. The highest BCUT2D eigenvalue weighted by Crippen LogP contribution is 2.33. The van der Waals surface area contributed by atoms with Crippen LogP contribution in [-0.4, -0.2) is 25.0 Å². The number of anilines is 2. The van der Waals surface area contributed by atoms with E-state index in [0.717, 1.165) is 6.07 Å². The quantitative estimate of drug-likeness (QED) is 0.847. The van der Waals surface area contributed by atoms with Gasteiger partial charge in [-0.1, -0.05) is 11.6 Å². The van der Waals surface area contributed by atoms with Crippen molar-refractivity contribution in [3.05, 3.63) is 46.7 Å². The van der Waals surface area contributed by atoms with E-state index in [1.165, 1.54) is 32.5 Å². The van der Waals surface area contributed by atoms with E-state index in [1.54, 1.807) is 0 Å². The highest BCUT2D eigenvalue weighted by Gasteiger charge is 2.17. The topological polar surface area (TPSA) is 63.2 Å². The average Bonchev–Trinajstić information content (AvgIpc) is 2.51. The summed E-state index contributed by atoms with van der Waals surface area (Å²) in [5.41, 5.74) is 0.621. The second-order valence-corrected chi connectivity index (χ2v) is 4.59. The number of halogens is 3. The molecule has 1 aromatic carbocycles. The summed E-state index contributed by atoms with van der Waals surface area (Å²) < 4.78 is 31.8. The summed E-state index contributed by atoms with van der Waals surface area (Å²) in [6.45, 7) is 0. The smallest absolute Gasteiger partial charge is 0.254 e. The Kier molecular flexibility index (Phi) is 4.77. The number of amides is 1. The molecule has 0 atom stereocenters. The molecule has 0 bridgehead atoms. The number of carbonyl (C=O) groups is 1. The predicted octanol–water partition coefficient (Wildman–Crippen LogP) is 3.13.